The van der Waals surface area contributed by atoms with Gasteiger partial charge in [-0.1, -0.05) is 53.5 Å². The van der Waals surface area contributed by atoms with Crippen LogP contribution in [0.3, 0.4) is 0 Å². The van der Waals surface area contributed by atoms with E-state index in [4.69, 9.17) is 27.9 Å². The molecular formula is C15H15Cl2NO. The van der Waals surface area contributed by atoms with Crippen LogP contribution >= 0.6 is 23.2 Å². The summed E-state index contributed by atoms with van der Waals surface area (Å²) in [6.45, 7) is 0. The third-order valence-corrected chi connectivity index (χ3v) is 3.63. The van der Waals surface area contributed by atoms with Gasteiger partial charge >= 0.3 is 0 Å². The summed E-state index contributed by atoms with van der Waals surface area (Å²) in [6.07, 6.45) is 0. The molecule has 0 aliphatic heterocycles. The average Bonchev–Trinajstić information content (AvgIpc) is 2.44. The molecule has 0 aliphatic carbocycles. The summed E-state index contributed by atoms with van der Waals surface area (Å²) in [5.41, 5.74) is 2.06. The maximum Gasteiger partial charge on any atom is 0.138 e. The fourth-order valence-electron chi connectivity index (χ4n) is 2.07. The van der Waals surface area contributed by atoms with Gasteiger partial charge in [0.2, 0.25) is 0 Å². The molecule has 1 atom stereocenters. The number of halogens is 2. The Labute approximate surface area is 123 Å². The van der Waals surface area contributed by atoms with Crippen LogP contribution in [0.25, 0.3) is 0 Å². The number of nitrogens with one attached hydrogen (secondary N) is 1. The molecule has 19 heavy (non-hydrogen) atoms. The minimum absolute atomic E-state index is 0.00268. The highest BCUT2D eigenvalue weighted by Gasteiger charge is 2.17. The second kappa shape index (κ2) is 6.29. The predicted molar refractivity (Wildman–Crippen MR) is 80.4 cm³/mol. The Balaban J connectivity index is 2.47. The van der Waals surface area contributed by atoms with Crippen LogP contribution in [0.15, 0.2) is 42.5 Å². The van der Waals surface area contributed by atoms with Crippen LogP contribution in [0.1, 0.15) is 17.2 Å². The molecule has 4 heteroatoms. The zero-order valence-corrected chi connectivity index (χ0v) is 12.3. The molecule has 100 valence electrons. The highest BCUT2D eigenvalue weighted by atomic mass is 35.5. The summed E-state index contributed by atoms with van der Waals surface area (Å²) < 4.78 is 5.16. The normalized spacial score (nSPS) is 12.2. The number of ether oxygens (including phenoxy) is 1. The summed E-state index contributed by atoms with van der Waals surface area (Å²) >= 11 is 12.5. The maximum absolute atomic E-state index is 6.32. The molecule has 2 aromatic rings. The van der Waals surface area contributed by atoms with E-state index in [9.17, 15) is 0 Å². The van der Waals surface area contributed by atoms with Crippen molar-refractivity contribution in [1.82, 2.24) is 5.32 Å². The monoisotopic (exact) mass is 295 g/mol. The molecule has 0 spiro atoms. The first kappa shape index (κ1) is 14.2. The molecule has 0 fully saturated rings. The summed E-state index contributed by atoms with van der Waals surface area (Å²) in [6, 6.07) is 13.7. The first-order chi connectivity index (χ1) is 9.17. The second-order valence-electron chi connectivity index (χ2n) is 4.14. The Hall–Kier alpha value is -1.22. The van der Waals surface area contributed by atoms with Crippen molar-refractivity contribution in [3.05, 3.63) is 63.6 Å². The Bertz CT molecular complexity index is 558. The number of methoxy groups -OCH3 is 1. The number of hydrogen-bond acceptors (Lipinski definition) is 2. The van der Waals surface area contributed by atoms with Crippen molar-refractivity contribution in [3.8, 4) is 5.75 Å². The molecule has 0 amide bonds. The molecule has 1 N–H and O–H groups in total. The second-order valence-corrected chi connectivity index (χ2v) is 4.96. The summed E-state index contributed by atoms with van der Waals surface area (Å²) in [5, 5.41) is 4.44. The van der Waals surface area contributed by atoms with Crippen molar-refractivity contribution in [3.63, 3.8) is 0 Å². The molecular weight excluding hydrogens is 281 g/mol. The van der Waals surface area contributed by atoms with E-state index >= 15 is 0 Å². The lowest BCUT2D eigenvalue weighted by Gasteiger charge is -2.19. The molecule has 0 heterocycles. The molecule has 2 rings (SSSR count). The van der Waals surface area contributed by atoms with Crippen molar-refractivity contribution in [2.75, 3.05) is 14.2 Å². The van der Waals surface area contributed by atoms with Gasteiger partial charge in [-0.25, -0.2) is 0 Å². The van der Waals surface area contributed by atoms with Gasteiger partial charge in [0.15, 0.2) is 0 Å². The van der Waals surface area contributed by atoms with Crippen LogP contribution in [-0.2, 0) is 0 Å². The highest BCUT2D eigenvalue weighted by Crippen LogP contribution is 2.35. The standard InChI is InChI=1S/C15H15Cl2NO/c1-18-15(10-6-4-3-5-7-10)11-8-13(17)14(19-2)9-12(11)16/h3-9,15,18H,1-2H3. The topological polar surface area (TPSA) is 21.3 Å². The van der Waals surface area contributed by atoms with Crippen LogP contribution in [0, 0.1) is 0 Å². The van der Waals surface area contributed by atoms with Gasteiger partial charge in [0.05, 0.1) is 18.2 Å². The molecule has 1 unspecified atom stereocenters. The van der Waals surface area contributed by atoms with E-state index in [0.29, 0.717) is 15.8 Å². The van der Waals surface area contributed by atoms with Crippen LogP contribution in [0.5, 0.6) is 5.75 Å². The van der Waals surface area contributed by atoms with Gasteiger partial charge in [-0.3, -0.25) is 0 Å². The summed E-state index contributed by atoms with van der Waals surface area (Å²) in [5.74, 6) is 0.582. The smallest absolute Gasteiger partial charge is 0.138 e. The van der Waals surface area contributed by atoms with Crippen LogP contribution in [-0.4, -0.2) is 14.2 Å². The Morgan fingerprint density at radius 2 is 1.74 bits per heavy atom. The third-order valence-electron chi connectivity index (χ3n) is 3.00. The van der Waals surface area contributed by atoms with Crippen molar-refractivity contribution >= 4 is 23.2 Å². The molecule has 2 nitrogen and oxygen atoms in total. The largest absolute Gasteiger partial charge is 0.495 e. The Morgan fingerprint density at radius 1 is 1.05 bits per heavy atom. The van der Waals surface area contributed by atoms with E-state index in [2.05, 4.69) is 17.4 Å². The molecule has 0 aliphatic rings. The van der Waals surface area contributed by atoms with Gasteiger partial charge in [-0.05, 0) is 24.2 Å². The van der Waals surface area contributed by atoms with Crippen molar-refractivity contribution < 1.29 is 4.74 Å². The van der Waals surface area contributed by atoms with Crippen LogP contribution in [0.4, 0.5) is 0 Å². The van der Waals surface area contributed by atoms with Gasteiger partial charge in [-0.2, -0.15) is 0 Å². The lowest BCUT2D eigenvalue weighted by atomic mass is 9.98. The van der Waals surface area contributed by atoms with E-state index in [1.807, 2.05) is 31.3 Å². The van der Waals surface area contributed by atoms with Crippen LogP contribution in [0.2, 0.25) is 10.0 Å². The molecule has 0 saturated heterocycles. The van der Waals surface area contributed by atoms with Gasteiger partial charge in [0.25, 0.3) is 0 Å². The van der Waals surface area contributed by atoms with E-state index in [0.717, 1.165) is 11.1 Å². The van der Waals surface area contributed by atoms with E-state index in [1.54, 1.807) is 13.2 Å². The fraction of sp³-hybridized carbons (Fsp3) is 0.200. The van der Waals surface area contributed by atoms with E-state index < -0.39 is 0 Å². The average molecular weight is 296 g/mol. The zero-order chi connectivity index (χ0) is 13.8. The molecule has 0 saturated carbocycles. The van der Waals surface area contributed by atoms with Gasteiger partial charge in [0.1, 0.15) is 5.75 Å². The maximum atomic E-state index is 6.32. The zero-order valence-electron chi connectivity index (χ0n) is 10.8. The third kappa shape index (κ3) is 3.03. The van der Waals surface area contributed by atoms with Crippen molar-refractivity contribution in [1.29, 1.82) is 0 Å². The van der Waals surface area contributed by atoms with E-state index in [-0.39, 0.29) is 6.04 Å². The van der Waals surface area contributed by atoms with Crippen LogP contribution < -0.4 is 10.1 Å². The number of benzene rings is 2. The van der Waals surface area contributed by atoms with E-state index in [1.165, 1.54) is 0 Å². The van der Waals surface area contributed by atoms with Gasteiger partial charge in [-0.15, -0.1) is 0 Å². The minimum atomic E-state index is -0.00268. The van der Waals surface area contributed by atoms with Gasteiger partial charge < -0.3 is 10.1 Å². The SMILES string of the molecule is CNC(c1ccccc1)c1cc(Cl)c(OC)cc1Cl. The van der Waals surface area contributed by atoms with Crippen molar-refractivity contribution in [2.24, 2.45) is 0 Å². The predicted octanol–water partition coefficient (Wildman–Crippen LogP) is 4.31. The number of hydrogen-bond donors (Lipinski definition) is 1. The minimum Gasteiger partial charge on any atom is -0.495 e. The fourth-order valence-corrected chi connectivity index (χ4v) is 2.58. The molecule has 0 radical (unpaired) electrons. The lowest BCUT2D eigenvalue weighted by Crippen LogP contribution is -2.18. The first-order valence-corrected chi connectivity index (χ1v) is 6.68. The van der Waals surface area contributed by atoms with Gasteiger partial charge in [0, 0.05) is 11.1 Å². The van der Waals surface area contributed by atoms with Crippen molar-refractivity contribution in [2.45, 2.75) is 6.04 Å². The quantitative estimate of drug-likeness (QED) is 0.907. The highest BCUT2D eigenvalue weighted by molar-refractivity contribution is 6.34. The molecule has 0 aromatic heterocycles. The lowest BCUT2D eigenvalue weighted by molar-refractivity contribution is 0.415. The summed E-state index contributed by atoms with van der Waals surface area (Å²) in [4.78, 5) is 0. The number of rotatable bonds is 4. The summed E-state index contributed by atoms with van der Waals surface area (Å²) in [7, 11) is 3.47. The Morgan fingerprint density at radius 3 is 2.32 bits per heavy atom. The molecule has 2 aromatic carbocycles. The molecule has 0 bridgehead atoms. The first-order valence-electron chi connectivity index (χ1n) is 5.92. The Kier molecular flexibility index (Phi) is 4.70.